The highest BCUT2D eigenvalue weighted by Crippen LogP contribution is 2.22. The topological polar surface area (TPSA) is 82.2 Å². The molecule has 0 bridgehead atoms. The lowest BCUT2D eigenvalue weighted by molar-refractivity contribution is -0.121. The third-order valence-corrected chi connectivity index (χ3v) is 6.11. The number of morpholine rings is 1. The van der Waals surface area contributed by atoms with Crippen molar-refractivity contribution in [2.75, 3.05) is 57.8 Å². The molecule has 0 saturated carbocycles. The van der Waals surface area contributed by atoms with Crippen molar-refractivity contribution in [3.05, 3.63) is 29.8 Å². The van der Waals surface area contributed by atoms with Crippen LogP contribution >= 0.6 is 0 Å². The van der Waals surface area contributed by atoms with Crippen LogP contribution in [0.2, 0.25) is 0 Å². The molecule has 1 aromatic carbocycles. The summed E-state index contributed by atoms with van der Waals surface area (Å²) in [6, 6.07) is 7.14. The molecule has 4 rings (SSSR count). The molecule has 4 amide bonds. The number of nitrogens with one attached hydrogen (secondary N) is 1. The van der Waals surface area contributed by atoms with Crippen LogP contribution in [-0.4, -0.2) is 85.0 Å². The molecule has 0 aliphatic carbocycles. The summed E-state index contributed by atoms with van der Waals surface area (Å²) in [5.41, 5.74) is 1.17. The van der Waals surface area contributed by atoms with E-state index in [0.717, 1.165) is 38.8 Å². The van der Waals surface area contributed by atoms with Gasteiger partial charge in [-0.05, 0) is 43.9 Å². The van der Waals surface area contributed by atoms with E-state index >= 15 is 0 Å². The summed E-state index contributed by atoms with van der Waals surface area (Å²) in [5, 5.41) is 2.95. The number of ether oxygens (including phenoxy) is 1. The highest BCUT2D eigenvalue weighted by molar-refractivity contribution is 5.98. The van der Waals surface area contributed by atoms with E-state index in [9.17, 15) is 14.4 Å². The van der Waals surface area contributed by atoms with E-state index in [1.54, 1.807) is 29.2 Å². The molecule has 3 saturated heterocycles. The van der Waals surface area contributed by atoms with Crippen LogP contribution < -0.4 is 5.32 Å². The second-order valence-electron chi connectivity index (χ2n) is 8.24. The largest absolute Gasteiger partial charge is 0.378 e. The Morgan fingerprint density at radius 2 is 1.63 bits per heavy atom. The van der Waals surface area contributed by atoms with E-state index < -0.39 is 0 Å². The molecule has 0 spiro atoms. The van der Waals surface area contributed by atoms with Gasteiger partial charge in [-0.2, -0.15) is 0 Å². The van der Waals surface area contributed by atoms with Gasteiger partial charge in [0.1, 0.15) is 0 Å². The molecule has 3 heterocycles. The van der Waals surface area contributed by atoms with Crippen molar-refractivity contribution in [3.63, 3.8) is 0 Å². The first-order valence-electron chi connectivity index (χ1n) is 10.9. The maximum Gasteiger partial charge on any atom is 0.320 e. The average molecular weight is 415 g/mol. The smallest absolute Gasteiger partial charge is 0.320 e. The summed E-state index contributed by atoms with van der Waals surface area (Å²) in [4.78, 5) is 43.7. The number of rotatable bonds is 3. The molecule has 0 aromatic heterocycles. The Hall–Kier alpha value is -2.61. The van der Waals surface area contributed by atoms with E-state index in [1.807, 2.05) is 9.80 Å². The minimum atomic E-state index is -0.232. The predicted octanol–water partition coefficient (Wildman–Crippen LogP) is 2.03. The molecule has 30 heavy (non-hydrogen) atoms. The number of carbonyl (C=O) groups is 3. The average Bonchev–Trinajstić information content (AvgIpc) is 3.34. The number of likely N-dealkylation sites (tertiary alicyclic amines) is 2. The zero-order valence-electron chi connectivity index (χ0n) is 17.3. The summed E-state index contributed by atoms with van der Waals surface area (Å²) < 4.78 is 5.31. The molecule has 8 heteroatoms. The second-order valence-corrected chi connectivity index (χ2v) is 8.24. The van der Waals surface area contributed by atoms with Crippen LogP contribution in [0, 0.1) is 5.92 Å². The van der Waals surface area contributed by atoms with E-state index in [2.05, 4.69) is 5.32 Å². The highest BCUT2D eigenvalue weighted by Gasteiger charge is 2.31. The van der Waals surface area contributed by atoms with Crippen LogP contribution in [0.5, 0.6) is 0 Å². The number of hydrogen-bond donors (Lipinski definition) is 1. The summed E-state index contributed by atoms with van der Waals surface area (Å²) in [7, 11) is 0. The fraction of sp³-hybridized carbons (Fsp3) is 0.591. The van der Waals surface area contributed by atoms with E-state index in [-0.39, 0.29) is 23.8 Å². The fourth-order valence-electron chi connectivity index (χ4n) is 4.40. The number of amides is 4. The lowest BCUT2D eigenvalue weighted by Crippen LogP contribution is -2.48. The van der Waals surface area contributed by atoms with Crippen molar-refractivity contribution >= 4 is 23.5 Å². The van der Waals surface area contributed by atoms with Gasteiger partial charge in [0.25, 0.3) is 5.91 Å². The number of benzene rings is 1. The third kappa shape index (κ3) is 4.75. The van der Waals surface area contributed by atoms with Crippen molar-refractivity contribution in [2.24, 2.45) is 5.92 Å². The van der Waals surface area contributed by atoms with Crippen molar-refractivity contribution < 1.29 is 19.1 Å². The van der Waals surface area contributed by atoms with E-state index in [1.165, 1.54) is 0 Å². The van der Waals surface area contributed by atoms with Crippen LogP contribution in [0.4, 0.5) is 10.5 Å². The third-order valence-electron chi connectivity index (χ3n) is 6.11. The molecule has 162 valence electrons. The van der Waals surface area contributed by atoms with Crippen molar-refractivity contribution in [2.45, 2.75) is 25.7 Å². The number of carbonyl (C=O) groups excluding carboxylic acids is 3. The van der Waals surface area contributed by atoms with Gasteiger partial charge in [0, 0.05) is 50.5 Å². The molecule has 1 N–H and O–H groups in total. The molecule has 1 unspecified atom stereocenters. The van der Waals surface area contributed by atoms with Crippen molar-refractivity contribution in [1.29, 1.82) is 0 Å². The monoisotopic (exact) mass is 414 g/mol. The van der Waals surface area contributed by atoms with Crippen LogP contribution in [0.1, 0.15) is 36.0 Å². The zero-order valence-corrected chi connectivity index (χ0v) is 17.3. The minimum absolute atomic E-state index is 0.0468. The van der Waals surface area contributed by atoms with Gasteiger partial charge in [0.15, 0.2) is 0 Å². The number of piperidine rings is 1. The highest BCUT2D eigenvalue weighted by atomic mass is 16.5. The van der Waals surface area contributed by atoms with Crippen molar-refractivity contribution in [1.82, 2.24) is 14.7 Å². The molecule has 1 atom stereocenters. The van der Waals surface area contributed by atoms with Gasteiger partial charge in [-0.25, -0.2) is 4.79 Å². The first kappa shape index (κ1) is 20.7. The van der Waals surface area contributed by atoms with Crippen LogP contribution in [0.15, 0.2) is 24.3 Å². The first-order valence-corrected chi connectivity index (χ1v) is 10.9. The lowest BCUT2D eigenvalue weighted by atomic mass is 9.97. The summed E-state index contributed by atoms with van der Waals surface area (Å²) in [6.45, 7) is 5.06. The number of anilines is 1. The SMILES string of the molecule is O=C(Nc1cccc(C(=O)N2CCOCC2)c1)C1CCCN(C(=O)N2CCCC2)C1. The molecule has 3 aliphatic heterocycles. The molecule has 3 fully saturated rings. The van der Waals surface area contributed by atoms with Crippen LogP contribution in [0.25, 0.3) is 0 Å². The second kappa shape index (κ2) is 9.47. The van der Waals surface area contributed by atoms with Gasteiger partial charge in [0.05, 0.1) is 19.1 Å². The van der Waals surface area contributed by atoms with Gasteiger partial charge < -0.3 is 24.8 Å². The maximum absolute atomic E-state index is 12.9. The predicted molar refractivity (Wildman–Crippen MR) is 112 cm³/mol. The Morgan fingerprint density at radius 1 is 0.900 bits per heavy atom. The minimum Gasteiger partial charge on any atom is -0.378 e. The van der Waals surface area contributed by atoms with Gasteiger partial charge in [-0.3, -0.25) is 9.59 Å². The normalized spacial score (nSPS) is 22.1. The Kier molecular flexibility index (Phi) is 6.52. The van der Waals surface area contributed by atoms with E-state index in [0.29, 0.717) is 50.6 Å². The number of urea groups is 1. The van der Waals surface area contributed by atoms with Crippen LogP contribution in [0.3, 0.4) is 0 Å². The van der Waals surface area contributed by atoms with Gasteiger partial charge >= 0.3 is 6.03 Å². The molecule has 3 aliphatic rings. The van der Waals surface area contributed by atoms with Crippen LogP contribution in [-0.2, 0) is 9.53 Å². The first-order chi connectivity index (χ1) is 14.6. The fourth-order valence-corrected chi connectivity index (χ4v) is 4.40. The Labute approximate surface area is 177 Å². The van der Waals surface area contributed by atoms with Gasteiger partial charge in [-0.15, -0.1) is 0 Å². The van der Waals surface area contributed by atoms with Crippen molar-refractivity contribution in [3.8, 4) is 0 Å². The lowest BCUT2D eigenvalue weighted by Gasteiger charge is -2.34. The van der Waals surface area contributed by atoms with Gasteiger partial charge in [0.2, 0.25) is 5.91 Å². The summed E-state index contributed by atoms with van der Waals surface area (Å²) >= 11 is 0. The quantitative estimate of drug-likeness (QED) is 0.821. The Bertz CT molecular complexity index is 787. The Balaban J connectivity index is 1.36. The molecule has 8 nitrogen and oxygen atoms in total. The number of hydrogen-bond acceptors (Lipinski definition) is 4. The maximum atomic E-state index is 12.9. The van der Waals surface area contributed by atoms with Gasteiger partial charge in [-0.1, -0.05) is 6.07 Å². The molecular weight excluding hydrogens is 384 g/mol. The Morgan fingerprint density at radius 3 is 2.40 bits per heavy atom. The molecule has 0 radical (unpaired) electrons. The summed E-state index contributed by atoms with van der Waals surface area (Å²) in [5.74, 6) is -0.372. The summed E-state index contributed by atoms with van der Waals surface area (Å²) in [6.07, 6.45) is 3.71. The molecular formula is C22H30N4O4. The van der Waals surface area contributed by atoms with E-state index in [4.69, 9.17) is 4.74 Å². The zero-order chi connectivity index (χ0) is 20.9. The standard InChI is InChI=1S/C22H30N4O4/c27-20(18-6-4-10-26(16-18)22(29)25-8-1-2-9-25)23-19-7-3-5-17(15-19)21(28)24-11-13-30-14-12-24/h3,5,7,15,18H,1-2,4,6,8-14,16H2,(H,23,27). The molecule has 1 aromatic rings. The number of nitrogens with zero attached hydrogens (tertiary/aromatic N) is 3.